The van der Waals surface area contributed by atoms with E-state index < -0.39 is 0 Å². The van der Waals surface area contributed by atoms with E-state index in [2.05, 4.69) is 11.8 Å². The molecule has 0 aromatic carbocycles. The van der Waals surface area contributed by atoms with Crippen LogP contribution in [0.3, 0.4) is 0 Å². The fourth-order valence-corrected chi connectivity index (χ4v) is 0.939. The lowest BCUT2D eigenvalue weighted by molar-refractivity contribution is -0.129. The highest BCUT2D eigenvalue weighted by Gasteiger charge is 2.06. The molecule has 0 aromatic heterocycles. The quantitative estimate of drug-likeness (QED) is 0.597. The molecule has 72 valence electrons. The lowest BCUT2D eigenvalue weighted by Crippen LogP contribution is -2.33. The summed E-state index contributed by atoms with van der Waals surface area (Å²) in [7, 11) is 0. The monoisotopic (exact) mass is 174 g/mol. The number of unbranched alkanes of at least 4 members (excludes halogenated alkanes) is 1. The van der Waals surface area contributed by atoms with Gasteiger partial charge in [-0.1, -0.05) is 13.3 Å². The topological polar surface area (TPSA) is 55.6 Å². The summed E-state index contributed by atoms with van der Waals surface area (Å²) in [6.45, 7) is 5.45. The summed E-state index contributed by atoms with van der Waals surface area (Å²) in [6, 6.07) is 0. The van der Waals surface area contributed by atoms with E-state index in [9.17, 15) is 4.79 Å². The average molecular weight is 174 g/mol. The smallest absolute Gasteiger partial charge is 0.219 e. The van der Waals surface area contributed by atoms with E-state index in [1.54, 1.807) is 11.8 Å². The molecule has 4 heteroatoms. The van der Waals surface area contributed by atoms with Crippen molar-refractivity contribution in [3.63, 3.8) is 0 Å². The Labute approximate surface area is 73.6 Å². The molecule has 2 N–H and O–H groups in total. The number of hydrogen-bond acceptors (Lipinski definition) is 3. The van der Waals surface area contributed by atoms with Crippen molar-refractivity contribution in [2.75, 3.05) is 19.7 Å². The lowest BCUT2D eigenvalue weighted by Gasteiger charge is -2.19. The van der Waals surface area contributed by atoms with E-state index in [0.717, 1.165) is 19.4 Å². The molecule has 0 bridgehead atoms. The van der Waals surface area contributed by atoms with Crippen LogP contribution in [0.1, 0.15) is 26.7 Å². The SMILES string of the molecule is CCCCN(CCON)C(C)=O. The van der Waals surface area contributed by atoms with Gasteiger partial charge in [0, 0.05) is 20.0 Å². The van der Waals surface area contributed by atoms with E-state index in [1.807, 2.05) is 0 Å². The van der Waals surface area contributed by atoms with Crippen molar-refractivity contribution in [3.8, 4) is 0 Å². The second-order valence-corrected chi connectivity index (χ2v) is 2.73. The van der Waals surface area contributed by atoms with Crippen molar-refractivity contribution in [1.29, 1.82) is 0 Å². The molecule has 0 radical (unpaired) electrons. The van der Waals surface area contributed by atoms with E-state index in [1.165, 1.54) is 0 Å². The van der Waals surface area contributed by atoms with Crippen LogP contribution in [-0.4, -0.2) is 30.5 Å². The van der Waals surface area contributed by atoms with E-state index in [0.29, 0.717) is 13.2 Å². The van der Waals surface area contributed by atoms with Crippen LogP contribution < -0.4 is 5.90 Å². The van der Waals surface area contributed by atoms with Gasteiger partial charge in [0.1, 0.15) is 0 Å². The Hall–Kier alpha value is -0.610. The first-order chi connectivity index (χ1) is 5.72. The zero-order chi connectivity index (χ0) is 9.40. The zero-order valence-electron chi connectivity index (χ0n) is 7.88. The van der Waals surface area contributed by atoms with Crippen molar-refractivity contribution in [2.24, 2.45) is 5.90 Å². The van der Waals surface area contributed by atoms with Gasteiger partial charge in [-0.25, -0.2) is 5.90 Å². The van der Waals surface area contributed by atoms with Gasteiger partial charge >= 0.3 is 0 Å². The fraction of sp³-hybridized carbons (Fsp3) is 0.875. The van der Waals surface area contributed by atoms with Crippen LogP contribution in [0.25, 0.3) is 0 Å². The minimum Gasteiger partial charge on any atom is -0.341 e. The number of rotatable bonds is 6. The Balaban J connectivity index is 3.62. The Kier molecular flexibility index (Phi) is 6.70. The maximum atomic E-state index is 11.0. The van der Waals surface area contributed by atoms with E-state index >= 15 is 0 Å². The van der Waals surface area contributed by atoms with E-state index in [4.69, 9.17) is 5.90 Å². The first-order valence-electron chi connectivity index (χ1n) is 4.29. The largest absolute Gasteiger partial charge is 0.341 e. The summed E-state index contributed by atoms with van der Waals surface area (Å²) in [5.74, 6) is 4.95. The summed E-state index contributed by atoms with van der Waals surface area (Å²) >= 11 is 0. The van der Waals surface area contributed by atoms with Crippen LogP contribution in [0.4, 0.5) is 0 Å². The second-order valence-electron chi connectivity index (χ2n) is 2.73. The minimum atomic E-state index is 0.0838. The number of nitrogens with two attached hydrogens (primary N) is 1. The highest BCUT2D eigenvalue weighted by Crippen LogP contribution is 1.95. The molecule has 12 heavy (non-hydrogen) atoms. The molecule has 0 aliphatic heterocycles. The average Bonchev–Trinajstić information content (AvgIpc) is 2.04. The molecule has 0 atom stereocenters. The van der Waals surface area contributed by atoms with Gasteiger partial charge in [0.25, 0.3) is 0 Å². The predicted molar refractivity (Wildman–Crippen MR) is 47.3 cm³/mol. The van der Waals surface area contributed by atoms with Crippen LogP contribution in [0.5, 0.6) is 0 Å². The maximum Gasteiger partial charge on any atom is 0.219 e. The van der Waals surface area contributed by atoms with Gasteiger partial charge in [-0.2, -0.15) is 0 Å². The predicted octanol–water partition coefficient (Wildman–Crippen LogP) is 0.525. The number of nitrogens with zero attached hydrogens (tertiary/aromatic N) is 1. The maximum absolute atomic E-state index is 11.0. The molecule has 0 fully saturated rings. The molecule has 1 amide bonds. The third kappa shape index (κ3) is 5.09. The number of hydrogen-bond donors (Lipinski definition) is 1. The minimum absolute atomic E-state index is 0.0838. The van der Waals surface area contributed by atoms with Gasteiger partial charge in [0.15, 0.2) is 0 Å². The highest BCUT2D eigenvalue weighted by atomic mass is 16.6. The summed E-state index contributed by atoms with van der Waals surface area (Å²) in [4.78, 5) is 17.1. The number of carbonyl (C=O) groups is 1. The van der Waals surface area contributed by atoms with Crippen molar-refractivity contribution in [3.05, 3.63) is 0 Å². The Morgan fingerprint density at radius 3 is 2.58 bits per heavy atom. The highest BCUT2D eigenvalue weighted by molar-refractivity contribution is 5.73. The van der Waals surface area contributed by atoms with Gasteiger partial charge in [0.2, 0.25) is 5.91 Å². The normalized spacial score (nSPS) is 9.92. The van der Waals surface area contributed by atoms with Gasteiger partial charge in [-0.15, -0.1) is 0 Å². The fourth-order valence-electron chi connectivity index (χ4n) is 0.939. The molecule has 0 rings (SSSR count). The van der Waals surface area contributed by atoms with Crippen LogP contribution in [0.2, 0.25) is 0 Å². The molecule has 0 spiro atoms. The molecule has 0 saturated heterocycles. The first kappa shape index (κ1) is 11.4. The Bertz CT molecular complexity index is 120. The third-order valence-corrected chi connectivity index (χ3v) is 1.71. The number of carbonyl (C=O) groups excluding carboxylic acids is 1. The first-order valence-corrected chi connectivity index (χ1v) is 4.29. The molecular weight excluding hydrogens is 156 g/mol. The molecule has 0 unspecified atom stereocenters. The van der Waals surface area contributed by atoms with Crippen molar-refractivity contribution < 1.29 is 9.63 Å². The lowest BCUT2D eigenvalue weighted by atomic mass is 10.3. The van der Waals surface area contributed by atoms with E-state index in [-0.39, 0.29) is 5.91 Å². The zero-order valence-corrected chi connectivity index (χ0v) is 7.88. The van der Waals surface area contributed by atoms with Gasteiger partial charge in [-0.05, 0) is 6.42 Å². The van der Waals surface area contributed by atoms with Gasteiger partial charge in [-0.3, -0.25) is 4.79 Å². The van der Waals surface area contributed by atoms with Gasteiger partial charge < -0.3 is 9.74 Å². The summed E-state index contributed by atoms with van der Waals surface area (Å²) < 4.78 is 0. The molecule has 0 aliphatic carbocycles. The van der Waals surface area contributed by atoms with Gasteiger partial charge in [0.05, 0.1) is 6.61 Å². The Morgan fingerprint density at radius 1 is 1.50 bits per heavy atom. The summed E-state index contributed by atoms with van der Waals surface area (Å²) in [6.07, 6.45) is 2.12. The molecular formula is C8H18N2O2. The molecule has 0 saturated carbocycles. The van der Waals surface area contributed by atoms with Crippen LogP contribution >= 0.6 is 0 Å². The molecule has 4 nitrogen and oxygen atoms in total. The molecule has 0 aliphatic rings. The summed E-state index contributed by atoms with van der Waals surface area (Å²) in [5, 5.41) is 0. The number of amides is 1. The van der Waals surface area contributed by atoms with Crippen LogP contribution in [-0.2, 0) is 9.63 Å². The summed E-state index contributed by atoms with van der Waals surface area (Å²) in [5.41, 5.74) is 0. The standard InChI is InChI=1S/C8H18N2O2/c1-3-4-5-10(8(2)11)6-7-12-9/h3-7,9H2,1-2H3. The third-order valence-electron chi connectivity index (χ3n) is 1.71. The Morgan fingerprint density at radius 2 is 2.17 bits per heavy atom. The van der Waals surface area contributed by atoms with Crippen LogP contribution in [0, 0.1) is 0 Å². The molecule has 0 heterocycles. The van der Waals surface area contributed by atoms with Crippen LogP contribution in [0.15, 0.2) is 0 Å². The van der Waals surface area contributed by atoms with Crippen molar-refractivity contribution >= 4 is 5.91 Å². The van der Waals surface area contributed by atoms with Crippen molar-refractivity contribution in [1.82, 2.24) is 4.90 Å². The second kappa shape index (κ2) is 7.06. The molecule has 0 aromatic rings. The van der Waals surface area contributed by atoms with Crippen molar-refractivity contribution in [2.45, 2.75) is 26.7 Å².